The summed E-state index contributed by atoms with van der Waals surface area (Å²) in [7, 11) is 0. The highest BCUT2D eigenvalue weighted by molar-refractivity contribution is 5.79. The van der Waals surface area contributed by atoms with Gasteiger partial charge in [-0.3, -0.25) is 24.3 Å². The number of hydrogen-bond donors (Lipinski definition) is 1. The summed E-state index contributed by atoms with van der Waals surface area (Å²) >= 11 is 0. The second-order valence-electron chi connectivity index (χ2n) is 23.1. The number of aliphatic hydroxyl groups is 1. The third-order valence-corrected chi connectivity index (χ3v) is 17.1. The van der Waals surface area contributed by atoms with Gasteiger partial charge in [0, 0.05) is 115 Å². The molecule has 6 aliphatic rings. The average Bonchev–Trinajstić information content (AvgIpc) is 3.95. The van der Waals surface area contributed by atoms with E-state index in [-0.39, 0.29) is 17.7 Å². The first-order valence-electron chi connectivity index (χ1n) is 30.5. The van der Waals surface area contributed by atoms with Crippen LogP contribution in [-0.4, -0.2) is 93.7 Å². The van der Waals surface area contributed by atoms with Crippen molar-refractivity contribution in [3.8, 4) is 0 Å². The first-order valence-corrected chi connectivity index (χ1v) is 30.5. The summed E-state index contributed by atoms with van der Waals surface area (Å²) in [6.45, 7) is 10.7. The third-order valence-electron chi connectivity index (χ3n) is 17.1. The van der Waals surface area contributed by atoms with E-state index in [2.05, 4.69) is 204 Å². The van der Waals surface area contributed by atoms with Crippen molar-refractivity contribution in [2.75, 3.05) is 26.4 Å². The molecule has 84 heavy (non-hydrogen) atoms. The quantitative estimate of drug-likeness (QED) is 0.105. The van der Waals surface area contributed by atoms with E-state index in [9.17, 15) is 14.7 Å². The van der Waals surface area contributed by atoms with E-state index in [0.717, 1.165) is 142 Å². The lowest BCUT2D eigenvalue weighted by Gasteiger charge is -2.40. The molecule has 5 fully saturated rings. The average molecular weight is 1140 g/mol. The van der Waals surface area contributed by atoms with Crippen molar-refractivity contribution in [3.05, 3.63) is 227 Å². The molecule has 2 spiro atoms. The fourth-order valence-corrected chi connectivity index (χ4v) is 12.4. The van der Waals surface area contributed by atoms with Crippen LogP contribution in [0.3, 0.4) is 0 Å². The molecule has 0 amide bonds. The summed E-state index contributed by atoms with van der Waals surface area (Å²) in [5.41, 5.74) is 9.29. The van der Waals surface area contributed by atoms with Crippen LogP contribution in [-0.2, 0) is 77.4 Å². The summed E-state index contributed by atoms with van der Waals surface area (Å²) in [5.74, 6) is 0.723. The number of carbonyl (C=O) groups is 2. The Labute approximate surface area is 498 Å². The Balaban J connectivity index is 0.000000148. The molecule has 12 nitrogen and oxygen atoms in total. The fraction of sp³-hybridized carbons (Fsp3) is 0.431. The lowest BCUT2D eigenvalue weighted by molar-refractivity contribution is -0.191. The van der Waals surface area contributed by atoms with Gasteiger partial charge in [-0.05, 0) is 84.4 Å². The van der Waals surface area contributed by atoms with Crippen LogP contribution < -0.4 is 0 Å². The fourth-order valence-electron chi connectivity index (χ4n) is 12.4. The second-order valence-corrected chi connectivity index (χ2v) is 23.1. The van der Waals surface area contributed by atoms with Crippen molar-refractivity contribution in [1.29, 1.82) is 0 Å². The van der Waals surface area contributed by atoms with Crippen LogP contribution in [0.25, 0.3) is 0 Å². The highest BCUT2D eigenvalue weighted by atomic mass is 16.7. The first kappa shape index (κ1) is 63.3. The van der Waals surface area contributed by atoms with Crippen LogP contribution in [0.1, 0.15) is 137 Å². The molecule has 1 atom stereocenters. The zero-order chi connectivity index (χ0) is 58.7. The maximum atomic E-state index is 11.5. The maximum absolute atomic E-state index is 11.5. The second kappa shape index (κ2) is 33.7. The molecule has 4 aliphatic carbocycles. The maximum Gasteiger partial charge on any atom is 0.373 e. The van der Waals surface area contributed by atoms with Crippen molar-refractivity contribution in [3.63, 3.8) is 0 Å². The monoisotopic (exact) mass is 1140 g/mol. The Kier molecular flexibility index (Phi) is 25.4. The molecule has 0 radical (unpaired) electrons. The van der Waals surface area contributed by atoms with Gasteiger partial charge in [-0.1, -0.05) is 182 Å². The number of Topliss-reactive ketones (excluding diaryl/α,β-unsaturated/α-hetero) is 2. The van der Waals surface area contributed by atoms with Crippen molar-refractivity contribution in [2.24, 2.45) is 0 Å². The van der Waals surface area contributed by atoms with Crippen molar-refractivity contribution >= 4 is 17.7 Å². The lowest BCUT2D eigenvalue weighted by Crippen LogP contribution is -2.43. The van der Waals surface area contributed by atoms with Gasteiger partial charge in [0.1, 0.15) is 11.6 Å². The molecule has 12 heteroatoms. The Morgan fingerprint density at radius 1 is 0.393 bits per heavy atom. The number of carbonyl (C=O) groups excluding carboxylic acids is 4. The molecule has 2 aliphatic heterocycles. The SMILES string of the molecule is CC1=C(O)CCC(N(Cc2ccccc2)Cc2ccccc2)C1.O=C1CCC(N(Cc2ccccc2)Cc2ccccc2)CC1.O=C1CCC2(CC1)OCCO2.O=C=O.c1ccc(CN(Cc2ccccc2)C2CCC3(CC2)OCCO3)cc1. The van der Waals surface area contributed by atoms with Crippen LogP contribution in [0.5, 0.6) is 0 Å². The molecule has 2 saturated heterocycles. The minimum absolute atomic E-state index is 0.250. The molecular formula is C72H87N3O9. The Morgan fingerprint density at radius 2 is 0.655 bits per heavy atom. The van der Waals surface area contributed by atoms with E-state index in [1.165, 1.54) is 33.4 Å². The number of ether oxygens (including phenoxy) is 4. The zero-order valence-electron chi connectivity index (χ0n) is 49.3. The van der Waals surface area contributed by atoms with E-state index in [1.54, 1.807) is 0 Å². The number of nitrogens with zero attached hydrogens (tertiary/aromatic N) is 3. The van der Waals surface area contributed by atoms with Crippen LogP contribution in [0.4, 0.5) is 0 Å². The Morgan fingerprint density at radius 3 is 0.964 bits per heavy atom. The predicted octanol–water partition coefficient (Wildman–Crippen LogP) is 13.9. The summed E-state index contributed by atoms with van der Waals surface area (Å²) < 4.78 is 22.7. The van der Waals surface area contributed by atoms with Gasteiger partial charge in [-0.15, -0.1) is 0 Å². The highest BCUT2D eigenvalue weighted by Gasteiger charge is 2.42. The summed E-state index contributed by atoms with van der Waals surface area (Å²) in [6, 6.07) is 65.8. The van der Waals surface area contributed by atoms with Crippen LogP contribution in [0.15, 0.2) is 193 Å². The third kappa shape index (κ3) is 20.5. The molecule has 1 unspecified atom stereocenters. The van der Waals surface area contributed by atoms with E-state index < -0.39 is 0 Å². The lowest BCUT2D eigenvalue weighted by atomic mass is 9.88. The molecule has 0 aromatic heterocycles. The zero-order valence-corrected chi connectivity index (χ0v) is 49.3. The summed E-state index contributed by atoms with van der Waals surface area (Å²) in [5, 5.41) is 9.92. The van der Waals surface area contributed by atoms with E-state index in [4.69, 9.17) is 28.5 Å². The Bertz CT molecular complexity index is 2760. The minimum Gasteiger partial charge on any atom is -0.512 e. The molecule has 1 N–H and O–H groups in total. The number of benzene rings is 6. The molecule has 444 valence electrons. The summed E-state index contributed by atoms with van der Waals surface area (Å²) in [4.78, 5) is 46.4. The van der Waals surface area contributed by atoms with E-state index in [0.29, 0.717) is 61.5 Å². The van der Waals surface area contributed by atoms with Crippen molar-refractivity contribution < 1.29 is 43.2 Å². The number of ketones is 2. The molecule has 3 saturated carbocycles. The van der Waals surface area contributed by atoms with Gasteiger partial charge < -0.3 is 24.1 Å². The van der Waals surface area contributed by atoms with Crippen LogP contribution in [0.2, 0.25) is 0 Å². The smallest absolute Gasteiger partial charge is 0.373 e. The van der Waals surface area contributed by atoms with Crippen molar-refractivity contribution in [2.45, 2.75) is 172 Å². The van der Waals surface area contributed by atoms with Gasteiger partial charge in [0.15, 0.2) is 11.6 Å². The van der Waals surface area contributed by atoms with E-state index >= 15 is 0 Å². The van der Waals surface area contributed by atoms with Gasteiger partial charge in [0.2, 0.25) is 0 Å². The standard InChI is InChI=1S/C22H27NO2.C21H25NO.C20H23NO.C8H12O3.CO2/c1-3-7-19(8-4-1)17-23(18-20-9-5-2-6-10-20)21-11-13-22(14-12-21)24-15-16-25-22;1-17-14-20(12-13-21(17)23)22(15-18-8-4-2-5-9-18)16-19-10-6-3-7-11-19;22-20-13-11-19(12-14-20)21(15-17-7-3-1-4-8-17)16-18-9-5-2-6-10-18;9-7-1-3-8(4-2-7)10-5-6-11-8;2-1-3/h1-10,21H,11-18H2;2-11,20,23H,12-16H2,1H3;1-10,19H,11-16H2;1-6H2;. The van der Waals surface area contributed by atoms with Gasteiger partial charge in [0.25, 0.3) is 0 Å². The largest absolute Gasteiger partial charge is 0.512 e. The highest BCUT2D eigenvalue weighted by Crippen LogP contribution is 2.39. The minimum atomic E-state index is -0.367. The molecule has 6 aromatic carbocycles. The van der Waals surface area contributed by atoms with Crippen molar-refractivity contribution in [1.82, 2.24) is 14.7 Å². The number of allylic oxidation sites excluding steroid dienone is 1. The number of aliphatic hydroxyl groups excluding tert-OH is 1. The number of rotatable bonds is 15. The molecule has 12 rings (SSSR count). The molecular weight excluding hydrogens is 1050 g/mol. The van der Waals surface area contributed by atoms with Crippen LogP contribution in [0, 0.1) is 0 Å². The van der Waals surface area contributed by atoms with E-state index in [1.807, 2.05) is 0 Å². The van der Waals surface area contributed by atoms with Crippen LogP contribution >= 0.6 is 0 Å². The van der Waals surface area contributed by atoms with Gasteiger partial charge >= 0.3 is 6.15 Å². The number of hydrogen-bond acceptors (Lipinski definition) is 12. The van der Waals surface area contributed by atoms with Gasteiger partial charge in [-0.2, -0.15) is 9.59 Å². The summed E-state index contributed by atoms with van der Waals surface area (Å²) in [6.07, 6.45) is 13.6. The Hall–Kier alpha value is -6.70. The predicted molar refractivity (Wildman–Crippen MR) is 327 cm³/mol. The van der Waals surface area contributed by atoms with Gasteiger partial charge in [0.05, 0.1) is 32.2 Å². The van der Waals surface area contributed by atoms with Gasteiger partial charge in [-0.25, -0.2) is 0 Å². The molecule has 2 heterocycles. The molecule has 0 bridgehead atoms. The topological polar surface area (TPSA) is 135 Å². The first-order chi connectivity index (χ1) is 41.1. The molecule has 6 aromatic rings. The normalized spacial score (nSPS) is 19.3.